The number of pyridine rings is 1. The highest BCUT2D eigenvalue weighted by Gasteiger charge is 2.71. The third kappa shape index (κ3) is 2.25. The Labute approximate surface area is 160 Å². The molecular weight excluding hydrogens is 366 g/mol. The predicted molar refractivity (Wildman–Crippen MR) is 98.6 cm³/mol. The number of cyclic esters (lactones) is 1. The van der Waals surface area contributed by atoms with E-state index in [1.54, 1.807) is 19.4 Å². The standard InChI is InChI=1S/C19H21N3O4S/c1-25-14-5-4-12(10-20-14)15-21-22(17(24)27-15)11-13-18(6-2-7-18)19(8-3-9-19)16(23)26-13/h4-5,10,13H,2-3,6-9,11H2,1H3. The maximum atomic E-state index is 12.6. The lowest BCUT2D eigenvalue weighted by atomic mass is 9.45. The second kappa shape index (κ2) is 5.89. The van der Waals surface area contributed by atoms with E-state index in [0.717, 1.165) is 55.4 Å². The Morgan fingerprint density at radius 3 is 2.59 bits per heavy atom. The molecule has 1 unspecified atom stereocenters. The minimum Gasteiger partial charge on any atom is -0.481 e. The number of esters is 1. The average Bonchev–Trinajstić information content (AvgIpc) is 3.09. The Morgan fingerprint density at radius 1 is 1.26 bits per heavy atom. The van der Waals surface area contributed by atoms with Crippen molar-refractivity contribution in [1.82, 2.24) is 14.8 Å². The highest BCUT2D eigenvalue weighted by molar-refractivity contribution is 7.12. The van der Waals surface area contributed by atoms with Gasteiger partial charge in [0.05, 0.1) is 19.1 Å². The van der Waals surface area contributed by atoms with Gasteiger partial charge in [0.2, 0.25) is 5.88 Å². The fourth-order valence-electron chi connectivity index (χ4n) is 4.99. The predicted octanol–water partition coefficient (Wildman–Crippen LogP) is 2.64. The van der Waals surface area contributed by atoms with E-state index in [2.05, 4.69) is 10.1 Å². The van der Waals surface area contributed by atoms with Crippen molar-refractivity contribution < 1.29 is 14.3 Å². The van der Waals surface area contributed by atoms with Gasteiger partial charge >= 0.3 is 10.8 Å². The van der Waals surface area contributed by atoms with Crippen LogP contribution in [0.3, 0.4) is 0 Å². The van der Waals surface area contributed by atoms with Gasteiger partial charge in [0.1, 0.15) is 6.10 Å². The number of methoxy groups -OCH3 is 1. The summed E-state index contributed by atoms with van der Waals surface area (Å²) in [7, 11) is 1.56. The Balaban J connectivity index is 1.42. The maximum absolute atomic E-state index is 12.6. The number of carbonyl (C=O) groups is 1. The first-order valence-electron chi connectivity index (χ1n) is 9.37. The summed E-state index contributed by atoms with van der Waals surface area (Å²) in [4.78, 5) is 29.1. The second-order valence-electron chi connectivity index (χ2n) is 7.78. The van der Waals surface area contributed by atoms with Crippen molar-refractivity contribution in [1.29, 1.82) is 0 Å². The van der Waals surface area contributed by atoms with Gasteiger partial charge in [-0.1, -0.05) is 24.2 Å². The van der Waals surface area contributed by atoms with E-state index in [1.807, 2.05) is 6.07 Å². The van der Waals surface area contributed by atoms with Crippen LogP contribution in [0.5, 0.6) is 5.88 Å². The van der Waals surface area contributed by atoms with Crippen molar-refractivity contribution in [3.63, 3.8) is 0 Å². The molecule has 0 aromatic carbocycles. The smallest absolute Gasteiger partial charge is 0.325 e. The molecule has 0 N–H and O–H groups in total. The third-order valence-electron chi connectivity index (χ3n) is 6.80. The van der Waals surface area contributed by atoms with Crippen molar-refractivity contribution in [2.24, 2.45) is 10.8 Å². The third-order valence-corrected chi connectivity index (χ3v) is 7.70. The zero-order valence-corrected chi connectivity index (χ0v) is 16.0. The lowest BCUT2D eigenvalue weighted by Gasteiger charge is -2.55. The lowest BCUT2D eigenvalue weighted by molar-refractivity contribution is -0.155. The minimum atomic E-state index is -0.293. The second-order valence-corrected chi connectivity index (χ2v) is 8.72. The van der Waals surface area contributed by atoms with E-state index < -0.39 is 0 Å². The topological polar surface area (TPSA) is 83.3 Å². The summed E-state index contributed by atoms with van der Waals surface area (Å²) in [6.45, 7) is 0.340. The molecule has 2 saturated carbocycles. The molecule has 0 radical (unpaired) electrons. The number of hydrogen-bond donors (Lipinski definition) is 0. The van der Waals surface area contributed by atoms with Gasteiger partial charge in [-0.15, -0.1) is 0 Å². The molecule has 8 heteroatoms. The summed E-state index contributed by atoms with van der Waals surface area (Å²) in [5.74, 6) is 0.461. The van der Waals surface area contributed by atoms with E-state index in [1.165, 1.54) is 4.68 Å². The Hall–Kier alpha value is -2.22. The van der Waals surface area contributed by atoms with Crippen molar-refractivity contribution >= 4 is 17.3 Å². The van der Waals surface area contributed by atoms with Gasteiger partial charge in [0.15, 0.2) is 5.01 Å². The number of fused-ring (bicyclic) bond motifs is 1. The minimum absolute atomic E-state index is 0.0543. The quantitative estimate of drug-likeness (QED) is 0.750. The van der Waals surface area contributed by atoms with Gasteiger partial charge in [-0.2, -0.15) is 5.10 Å². The zero-order chi connectivity index (χ0) is 18.6. The average molecular weight is 387 g/mol. The SMILES string of the molecule is COc1ccc(-c2nn(CC3OC(=O)C4(CCC4)C34CCC4)c(=O)s2)cn1. The van der Waals surface area contributed by atoms with E-state index in [9.17, 15) is 9.59 Å². The molecule has 1 aliphatic heterocycles. The molecule has 2 aliphatic carbocycles. The van der Waals surface area contributed by atoms with Gasteiger partial charge in [-0.25, -0.2) is 9.67 Å². The van der Waals surface area contributed by atoms with Crippen molar-refractivity contribution in [2.75, 3.05) is 7.11 Å². The molecule has 142 valence electrons. The Bertz CT molecular complexity index is 941. The summed E-state index contributed by atoms with van der Waals surface area (Å²) in [6, 6.07) is 3.58. The summed E-state index contributed by atoms with van der Waals surface area (Å²) in [5, 5.41) is 5.10. The number of nitrogens with zero attached hydrogens (tertiary/aromatic N) is 3. The monoisotopic (exact) mass is 387 g/mol. The van der Waals surface area contributed by atoms with Crippen LogP contribution in [0, 0.1) is 10.8 Å². The molecule has 1 atom stereocenters. The summed E-state index contributed by atoms with van der Waals surface area (Å²) in [6.07, 6.45) is 7.50. The van der Waals surface area contributed by atoms with Gasteiger partial charge < -0.3 is 9.47 Å². The molecule has 3 aliphatic rings. The fraction of sp³-hybridized carbons (Fsp3) is 0.579. The van der Waals surface area contributed by atoms with Gasteiger partial charge in [-0.05, 0) is 31.7 Å². The Morgan fingerprint density at radius 2 is 2.04 bits per heavy atom. The fourth-order valence-corrected chi connectivity index (χ4v) is 5.76. The van der Waals surface area contributed by atoms with Crippen LogP contribution in [-0.4, -0.2) is 33.9 Å². The van der Waals surface area contributed by atoms with E-state index in [-0.39, 0.29) is 27.8 Å². The number of hydrogen-bond acceptors (Lipinski definition) is 7. The molecule has 5 rings (SSSR count). The molecule has 1 saturated heterocycles. The van der Waals surface area contributed by atoms with Crippen molar-refractivity contribution in [2.45, 2.75) is 51.2 Å². The molecule has 2 aromatic heterocycles. The lowest BCUT2D eigenvalue weighted by Crippen LogP contribution is -2.55. The maximum Gasteiger partial charge on any atom is 0.325 e. The summed E-state index contributed by atoms with van der Waals surface area (Å²) < 4.78 is 12.3. The zero-order valence-electron chi connectivity index (χ0n) is 15.1. The van der Waals surface area contributed by atoms with E-state index in [4.69, 9.17) is 9.47 Å². The van der Waals surface area contributed by atoms with Crippen LogP contribution in [0.4, 0.5) is 0 Å². The first kappa shape index (κ1) is 16.9. The molecule has 0 amide bonds. The number of rotatable bonds is 4. The highest BCUT2D eigenvalue weighted by atomic mass is 32.1. The number of aromatic nitrogens is 3. The first-order valence-corrected chi connectivity index (χ1v) is 10.2. The van der Waals surface area contributed by atoms with Crippen LogP contribution >= 0.6 is 11.3 Å². The van der Waals surface area contributed by atoms with E-state index >= 15 is 0 Å². The first-order chi connectivity index (χ1) is 13.1. The van der Waals surface area contributed by atoms with Gasteiger partial charge in [0.25, 0.3) is 0 Å². The summed E-state index contributed by atoms with van der Waals surface area (Å²) in [5.41, 5.74) is 0.389. The van der Waals surface area contributed by atoms with E-state index in [0.29, 0.717) is 17.4 Å². The largest absolute Gasteiger partial charge is 0.481 e. The van der Waals surface area contributed by atoms with Crippen LogP contribution in [0.1, 0.15) is 38.5 Å². The van der Waals surface area contributed by atoms with Crippen LogP contribution in [0.25, 0.3) is 10.6 Å². The number of carbonyl (C=O) groups excluding carboxylic acids is 1. The Kier molecular flexibility index (Phi) is 3.69. The molecule has 2 aromatic rings. The molecule has 3 fully saturated rings. The van der Waals surface area contributed by atoms with Crippen LogP contribution < -0.4 is 9.61 Å². The van der Waals surface area contributed by atoms with Gasteiger partial charge in [0, 0.05) is 23.2 Å². The molecule has 2 spiro atoms. The normalized spacial score (nSPS) is 24.5. The van der Waals surface area contributed by atoms with Crippen LogP contribution in [0.15, 0.2) is 23.1 Å². The van der Waals surface area contributed by atoms with Crippen LogP contribution in [-0.2, 0) is 16.1 Å². The number of ether oxygens (including phenoxy) is 2. The molecule has 0 bridgehead atoms. The van der Waals surface area contributed by atoms with Gasteiger partial charge in [-0.3, -0.25) is 9.59 Å². The summed E-state index contributed by atoms with van der Waals surface area (Å²) >= 11 is 1.09. The van der Waals surface area contributed by atoms with Crippen molar-refractivity contribution in [3.8, 4) is 16.5 Å². The molecule has 7 nitrogen and oxygen atoms in total. The molecule has 27 heavy (non-hydrogen) atoms. The van der Waals surface area contributed by atoms with Crippen molar-refractivity contribution in [3.05, 3.63) is 28.0 Å². The molecular formula is C19H21N3O4S. The highest BCUT2D eigenvalue weighted by Crippen LogP contribution is 2.69. The van der Waals surface area contributed by atoms with Crippen LogP contribution in [0.2, 0.25) is 0 Å². The molecule has 3 heterocycles.